The molecule has 0 atom stereocenters. The van der Waals surface area contributed by atoms with Gasteiger partial charge in [0.05, 0.1) is 5.69 Å². The molecule has 0 saturated carbocycles. The maximum atomic E-state index is 13.6. The molecule has 2 N–H and O–H groups in total. The van der Waals surface area contributed by atoms with Crippen molar-refractivity contribution in [1.82, 2.24) is 0 Å². The van der Waals surface area contributed by atoms with Crippen LogP contribution in [-0.2, 0) is 0 Å². The van der Waals surface area contributed by atoms with Crippen LogP contribution in [0.25, 0.3) is 0 Å². The van der Waals surface area contributed by atoms with Crippen LogP contribution < -0.4 is 10.6 Å². The molecule has 5 nitrogen and oxygen atoms in total. The molecule has 3 aromatic rings. The molecular formula is C22H17FN2O3. The third-order valence-corrected chi connectivity index (χ3v) is 4.08. The van der Waals surface area contributed by atoms with Crippen molar-refractivity contribution >= 4 is 29.0 Å². The van der Waals surface area contributed by atoms with Gasteiger partial charge < -0.3 is 10.6 Å². The van der Waals surface area contributed by atoms with Crippen LogP contribution in [-0.4, -0.2) is 17.6 Å². The third kappa shape index (κ3) is 4.48. The van der Waals surface area contributed by atoms with Crippen molar-refractivity contribution in [2.24, 2.45) is 0 Å². The summed E-state index contributed by atoms with van der Waals surface area (Å²) in [5.41, 5.74) is 1.85. The fourth-order valence-corrected chi connectivity index (χ4v) is 2.52. The molecule has 0 radical (unpaired) electrons. The maximum Gasteiger partial charge on any atom is 0.255 e. The van der Waals surface area contributed by atoms with Gasteiger partial charge in [-0.1, -0.05) is 12.1 Å². The lowest BCUT2D eigenvalue weighted by molar-refractivity contribution is 0.101. The number of halogens is 1. The smallest absolute Gasteiger partial charge is 0.255 e. The van der Waals surface area contributed by atoms with Gasteiger partial charge in [0, 0.05) is 22.4 Å². The number of hydrogen-bond donors (Lipinski definition) is 2. The lowest BCUT2D eigenvalue weighted by Gasteiger charge is -2.08. The normalized spacial score (nSPS) is 10.2. The van der Waals surface area contributed by atoms with E-state index in [0.29, 0.717) is 22.4 Å². The quantitative estimate of drug-likeness (QED) is 0.642. The van der Waals surface area contributed by atoms with Gasteiger partial charge in [0.15, 0.2) is 5.78 Å². The van der Waals surface area contributed by atoms with Crippen LogP contribution in [0.3, 0.4) is 0 Å². The highest BCUT2D eigenvalue weighted by Crippen LogP contribution is 2.15. The lowest BCUT2D eigenvalue weighted by Crippen LogP contribution is -2.15. The molecule has 140 valence electrons. The van der Waals surface area contributed by atoms with Crippen LogP contribution in [0.1, 0.15) is 38.0 Å². The van der Waals surface area contributed by atoms with Crippen molar-refractivity contribution in [1.29, 1.82) is 0 Å². The fraction of sp³-hybridized carbons (Fsp3) is 0.0455. The monoisotopic (exact) mass is 376 g/mol. The van der Waals surface area contributed by atoms with Gasteiger partial charge >= 0.3 is 0 Å². The summed E-state index contributed by atoms with van der Waals surface area (Å²) in [6, 6.07) is 18.4. The van der Waals surface area contributed by atoms with Gasteiger partial charge in [-0.2, -0.15) is 0 Å². The van der Waals surface area contributed by atoms with Crippen molar-refractivity contribution in [3.05, 3.63) is 95.3 Å². The Kier molecular flexibility index (Phi) is 5.60. The first-order valence-electron chi connectivity index (χ1n) is 8.52. The second-order valence-electron chi connectivity index (χ2n) is 6.10. The standard InChI is InChI=1S/C22H17FN2O3/c1-14(26)15-10-12-18(13-11-15)24-21(27)16-6-8-17(9-7-16)22(28)25-20-5-3-2-4-19(20)23/h2-13H,1H3,(H,24,27)(H,25,28). The highest BCUT2D eigenvalue weighted by Gasteiger charge is 2.11. The number of anilines is 2. The molecule has 6 heteroatoms. The molecule has 2 amide bonds. The number of hydrogen-bond acceptors (Lipinski definition) is 3. The zero-order chi connectivity index (χ0) is 20.1. The van der Waals surface area contributed by atoms with Gasteiger partial charge in [-0.15, -0.1) is 0 Å². The fourth-order valence-electron chi connectivity index (χ4n) is 2.52. The van der Waals surface area contributed by atoms with Crippen LogP contribution in [0.15, 0.2) is 72.8 Å². The zero-order valence-corrected chi connectivity index (χ0v) is 15.0. The summed E-state index contributed by atoms with van der Waals surface area (Å²) in [4.78, 5) is 35.8. The van der Waals surface area contributed by atoms with E-state index in [1.54, 1.807) is 30.3 Å². The van der Waals surface area contributed by atoms with Crippen LogP contribution >= 0.6 is 0 Å². The first-order chi connectivity index (χ1) is 13.4. The van der Waals surface area contributed by atoms with Gasteiger partial charge in [-0.25, -0.2) is 4.39 Å². The van der Waals surface area contributed by atoms with Crippen molar-refractivity contribution in [3.63, 3.8) is 0 Å². The van der Waals surface area contributed by atoms with E-state index >= 15 is 0 Å². The number of Topliss-reactive ketones (excluding diaryl/α,β-unsaturated/α-hetero) is 1. The van der Waals surface area contributed by atoms with E-state index in [4.69, 9.17) is 0 Å². The number of carbonyl (C=O) groups is 3. The average molecular weight is 376 g/mol. The molecule has 0 aliphatic carbocycles. The van der Waals surface area contributed by atoms with Gasteiger partial charge in [0.25, 0.3) is 11.8 Å². The average Bonchev–Trinajstić information content (AvgIpc) is 2.70. The lowest BCUT2D eigenvalue weighted by atomic mass is 10.1. The van der Waals surface area contributed by atoms with E-state index in [1.807, 2.05) is 0 Å². The molecule has 28 heavy (non-hydrogen) atoms. The van der Waals surface area contributed by atoms with Crippen molar-refractivity contribution < 1.29 is 18.8 Å². The molecule has 0 bridgehead atoms. The summed E-state index contributed by atoms with van der Waals surface area (Å²) in [5.74, 6) is -1.40. The highest BCUT2D eigenvalue weighted by molar-refractivity contribution is 6.07. The molecule has 0 spiro atoms. The molecule has 0 heterocycles. The molecule has 0 fully saturated rings. The molecule has 0 aliphatic rings. The topological polar surface area (TPSA) is 75.3 Å². The number of benzene rings is 3. The third-order valence-electron chi connectivity index (χ3n) is 4.08. The highest BCUT2D eigenvalue weighted by atomic mass is 19.1. The molecule has 0 aromatic heterocycles. The molecule has 0 saturated heterocycles. The van der Waals surface area contributed by atoms with E-state index in [1.165, 1.54) is 49.4 Å². The summed E-state index contributed by atoms with van der Waals surface area (Å²) in [5, 5.41) is 5.21. The second-order valence-corrected chi connectivity index (χ2v) is 6.10. The Balaban J connectivity index is 1.66. The van der Waals surface area contributed by atoms with Crippen molar-refractivity contribution in [2.45, 2.75) is 6.92 Å². The van der Waals surface area contributed by atoms with Crippen LogP contribution in [0.5, 0.6) is 0 Å². The Morgan fingerprint density at radius 1 is 0.679 bits per heavy atom. The van der Waals surface area contributed by atoms with E-state index in [0.717, 1.165) is 0 Å². The number of para-hydroxylation sites is 1. The summed E-state index contributed by atoms with van der Waals surface area (Å²) in [6.07, 6.45) is 0. The van der Waals surface area contributed by atoms with Gasteiger partial charge in [0.2, 0.25) is 0 Å². The minimum absolute atomic E-state index is 0.0536. The van der Waals surface area contributed by atoms with Crippen LogP contribution in [0.4, 0.5) is 15.8 Å². The number of amides is 2. The Morgan fingerprint density at radius 2 is 1.18 bits per heavy atom. The Labute approximate surface area is 161 Å². The summed E-state index contributed by atoms with van der Waals surface area (Å²) in [7, 11) is 0. The van der Waals surface area contributed by atoms with E-state index in [-0.39, 0.29) is 17.4 Å². The summed E-state index contributed by atoms with van der Waals surface area (Å²) >= 11 is 0. The molecule has 3 aromatic carbocycles. The largest absolute Gasteiger partial charge is 0.322 e. The molecule has 0 unspecified atom stereocenters. The Bertz CT molecular complexity index is 1030. The van der Waals surface area contributed by atoms with E-state index in [2.05, 4.69) is 10.6 Å². The van der Waals surface area contributed by atoms with Gasteiger partial charge in [-0.05, 0) is 67.6 Å². The zero-order valence-electron chi connectivity index (χ0n) is 15.0. The van der Waals surface area contributed by atoms with Crippen molar-refractivity contribution in [2.75, 3.05) is 10.6 Å². The van der Waals surface area contributed by atoms with E-state index < -0.39 is 11.7 Å². The minimum Gasteiger partial charge on any atom is -0.322 e. The minimum atomic E-state index is -0.525. The van der Waals surface area contributed by atoms with Gasteiger partial charge in [-0.3, -0.25) is 14.4 Å². The predicted octanol–water partition coefficient (Wildman–Crippen LogP) is 4.53. The molecule has 0 aliphatic heterocycles. The Hall–Kier alpha value is -3.80. The predicted molar refractivity (Wildman–Crippen MR) is 105 cm³/mol. The summed E-state index contributed by atoms with van der Waals surface area (Å²) < 4.78 is 13.6. The summed E-state index contributed by atoms with van der Waals surface area (Å²) in [6.45, 7) is 1.47. The SMILES string of the molecule is CC(=O)c1ccc(NC(=O)c2ccc(C(=O)Nc3ccccc3F)cc2)cc1. The first-order valence-corrected chi connectivity index (χ1v) is 8.52. The maximum absolute atomic E-state index is 13.6. The number of nitrogens with one attached hydrogen (secondary N) is 2. The first kappa shape index (κ1) is 19.0. The van der Waals surface area contributed by atoms with Crippen LogP contribution in [0, 0.1) is 5.82 Å². The number of ketones is 1. The second kappa shape index (κ2) is 8.26. The van der Waals surface area contributed by atoms with Crippen molar-refractivity contribution in [3.8, 4) is 0 Å². The molecule has 3 rings (SSSR count). The number of rotatable bonds is 5. The van der Waals surface area contributed by atoms with E-state index in [9.17, 15) is 18.8 Å². The van der Waals surface area contributed by atoms with Crippen LogP contribution in [0.2, 0.25) is 0 Å². The number of carbonyl (C=O) groups excluding carboxylic acids is 3. The molecular weight excluding hydrogens is 359 g/mol. The Morgan fingerprint density at radius 3 is 1.71 bits per heavy atom. The van der Waals surface area contributed by atoms with Gasteiger partial charge in [0.1, 0.15) is 5.82 Å².